The van der Waals surface area contributed by atoms with Crippen LogP contribution in [0.1, 0.15) is 20.8 Å². The van der Waals surface area contributed by atoms with Crippen molar-refractivity contribution in [2.24, 2.45) is 11.1 Å². The van der Waals surface area contributed by atoms with Gasteiger partial charge in [0.1, 0.15) is 12.3 Å². The van der Waals surface area contributed by atoms with E-state index in [1.54, 1.807) is 6.92 Å². The number of hydrogen-bond acceptors (Lipinski definition) is 4. The van der Waals surface area contributed by atoms with E-state index in [0.717, 1.165) is 12.3 Å². The number of nitrogens with one attached hydrogen (secondary N) is 1. The van der Waals surface area contributed by atoms with Crippen LogP contribution in [0.5, 0.6) is 0 Å². The minimum atomic E-state index is 0.0736. The molecule has 1 aliphatic rings. The molecule has 0 aliphatic carbocycles. The van der Waals surface area contributed by atoms with E-state index in [0.29, 0.717) is 26.2 Å². The van der Waals surface area contributed by atoms with E-state index in [9.17, 15) is 4.79 Å². The molecule has 1 N–H and O–H groups in total. The van der Waals surface area contributed by atoms with Crippen LogP contribution in [0.2, 0.25) is 0 Å². The van der Waals surface area contributed by atoms with Crippen LogP contribution >= 0.6 is 0 Å². The largest absolute Gasteiger partial charge is 0.394 e. The Balaban J connectivity index is 2.29. The molecule has 1 aliphatic heterocycles. The van der Waals surface area contributed by atoms with Gasteiger partial charge in [0.05, 0.1) is 6.54 Å². The fraction of sp³-hybridized carbons (Fsp3) is 0.692. The van der Waals surface area contributed by atoms with Crippen molar-refractivity contribution in [2.45, 2.75) is 20.8 Å². The lowest BCUT2D eigenvalue weighted by atomic mass is 10.1. The van der Waals surface area contributed by atoms with Gasteiger partial charge < -0.3 is 10.2 Å². The summed E-state index contributed by atoms with van der Waals surface area (Å²) in [7, 11) is 0. The van der Waals surface area contributed by atoms with E-state index in [1.165, 1.54) is 0 Å². The normalized spacial score (nSPS) is 17.1. The van der Waals surface area contributed by atoms with Crippen molar-refractivity contribution in [3.63, 3.8) is 0 Å². The first-order valence-electron chi connectivity index (χ1n) is 6.25. The summed E-state index contributed by atoms with van der Waals surface area (Å²) < 4.78 is 0. The first kappa shape index (κ1) is 14.5. The lowest BCUT2D eigenvalue weighted by Crippen LogP contribution is -2.48. The molecule has 0 bridgehead atoms. The number of hydrogen-bond donors (Lipinski definition) is 1. The van der Waals surface area contributed by atoms with Crippen molar-refractivity contribution in [1.82, 2.24) is 10.2 Å². The number of rotatable bonds is 5. The van der Waals surface area contributed by atoms with Gasteiger partial charge >= 0.3 is 0 Å². The number of amides is 1. The zero-order valence-corrected chi connectivity index (χ0v) is 11.3. The van der Waals surface area contributed by atoms with Crippen LogP contribution in [0.3, 0.4) is 0 Å². The van der Waals surface area contributed by atoms with Crippen LogP contribution in [-0.2, 0) is 9.63 Å². The van der Waals surface area contributed by atoms with E-state index in [1.807, 2.05) is 13.8 Å². The Labute approximate surface area is 109 Å². The second kappa shape index (κ2) is 7.72. The van der Waals surface area contributed by atoms with Crippen LogP contribution in [0.4, 0.5) is 0 Å². The first-order valence-corrected chi connectivity index (χ1v) is 6.25. The zero-order valence-electron chi connectivity index (χ0n) is 11.3. The number of oxime groups is 1. The van der Waals surface area contributed by atoms with Crippen LogP contribution in [0, 0.1) is 17.8 Å². The highest BCUT2D eigenvalue weighted by molar-refractivity contribution is 6.01. The minimum absolute atomic E-state index is 0.0736. The Morgan fingerprint density at radius 2 is 2.39 bits per heavy atom. The minimum Gasteiger partial charge on any atom is -0.394 e. The number of carbonyl (C=O) groups is 1. The summed E-state index contributed by atoms with van der Waals surface area (Å²) in [4.78, 5) is 18.5. The number of nitrogens with zero attached hydrogens (tertiary/aromatic N) is 2. The third-order valence-corrected chi connectivity index (χ3v) is 2.58. The molecule has 1 fully saturated rings. The molecule has 0 aromatic carbocycles. The van der Waals surface area contributed by atoms with E-state index in [4.69, 9.17) is 4.84 Å². The summed E-state index contributed by atoms with van der Waals surface area (Å²) in [5.74, 6) is 6.08. The Morgan fingerprint density at radius 3 is 3.00 bits per heavy atom. The summed E-state index contributed by atoms with van der Waals surface area (Å²) >= 11 is 0. The van der Waals surface area contributed by atoms with Gasteiger partial charge in [-0.3, -0.25) is 9.69 Å². The molecule has 18 heavy (non-hydrogen) atoms. The molecule has 1 saturated heterocycles. The quantitative estimate of drug-likeness (QED) is 0.334. The topological polar surface area (TPSA) is 53.9 Å². The summed E-state index contributed by atoms with van der Waals surface area (Å²) in [5.41, 5.74) is 0.758. The van der Waals surface area contributed by atoms with Gasteiger partial charge in [0.2, 0.25) is 5.91 Å². The summed E-state index contributed by atoms with van der Waals surface area (Å²) in [6.45, 7) is 9.05. The van der Waals surface area contributed by atoms with E-state index in [-0.39, 0.29) is 11.8 Å². The second-order valence-corrected chi connectivity index (χ2v) is 4.47. The van der Waals surface area contributed by atoms with Gasteiger partial charge in [-0.2, -0.15) is 0 Å². The lowest BCUT2D eigenvalue weighted by Gasteiger charge is -2.25. The number of piperazine rings is 1. The molecule has 0 atom stereocenters. The maximum Gasteiger partial charge on any atom is 0.234 e. The van der Waals surface area contributed by atoms with Crippen molar-refractivity contribution in [1.29, 1.82) is 0 Å². The Kier molecular flexibility index (Phi) is 6.23. The third-order valence-electron chi connectivity index (χ3n) is 2.58. The molecule has 1 amide bonds. The van der Waals surface area contributed by atoms with Gasteiger partial charge in [-0.1, -0.05) is 24.9 Å². The summed E-state index contributed by atoms with van der Waals surface area (Å²) in [6, 6.07) is 0. The molecular weight excluding hydrogens is 230 g/mol. The molecule has 0 radical (unpaired) electrons. The molecule has 5 nitrogen and oxygen atoms in total. The van der Waals surface area contributed by atoms with E-state index < -0.39 is 0 Å². The third kappa shape index (κ3) is 5.19. The maximum absolute atomic E-state index is 11.1. The summed E-state index contributed by atoms with van der Waals surface area (Å²) in [5, 5.41) is 6.82. The predicted molar refractivity (Wildman–Crippen MR) is 71.1 cm³/mol. The molecule has 0 spiro atoms. The monoisotopic (exact) mass is 251 g/mol. The molecule has 100 valence electrons. The average Bonchev–Trinajstić information content (AvgIpc) is 2.33. The van der Waals surface area contributed by atoms with Crippen molar-refractivity contribution < 1.29 is 9.63 Å². The van der Waals surface area contributed by atoms with Crippen LogP contribution < -0.4 is 5.32 Å². The molecule has 5 heteroatoms. The van der Waals surface area contributed by atoms with E-state index in [2.05, 4.69) is 27.2 Å². The molecular formula is C13H21N3O2. The lowest BCUT2D eigenvalue weighted by molar-refractivity contribution is -0.124. The van der Waals surface area contributed by atoms with Crippen molar-refractivity contribution in [3.05, 3.63) is 0 Å². The summed E-state index contributed by atoms with van der Waals surface area (Å²) in [6.07, 6.45) is 0. The Bertz CT molecular complexity index is 366. The SMILES string of the molecule is CC#C/C(=N\OCCN1CCNC(=O)C1)C(C)C. The molecule has 1 rings (SSSR count). The standard InChI is InChI=1S/C13H21N3O2/c1-4-5-12(11(2)3)15-18-9-8-16-7-6-14-13(17)10-16/h11H,6-10H2,1-3H3,(H,14,17)/b15-12+. The van der Waals surface area contributed by atoms with Gasteiger partial charge in [0.25, 0.3) is 0 Å². The smallest absolute Gasteiger partial charge is 0.234 e. The zero-order chi connectivity index (χ0) is 13.4. The second-order valence-electron chi connectivity index (χ2n) is 4.47. The van der Waals surface area contributed by atoms with Gasteiger partial charge in [-0.05, 0) is 12.8 Å². The highest BCUT2D eigenvalue weighted by atomic mass is 16.6. The molecule has 0 unspecified atom stereocenters. The van der Waals surface area contributed by atoms with Gasteiger partial charge in [0.15, 0.2) is 0 Å². The maximum atomic E-state index is 11.1. The highest BCUT2D eigenvalue weighted by Gasteiger charge is 2.15. The van der Waals surface area contributed by atoms with Gasteiger partial charge in [-0.15, -0.1) is 0 Å². The van der Waals surface area contributed by atoms with Crippen LogP contribution in [0.25, 0.3) is 0 Å². The molecule has 0 aromatic rings. The number of carbonyl (C=O) groups excluding carboxylic acids is 1. The fourth-order valence-electron chi connectivity index (χ4n) is 1.57. The molecule has 0 saturated carbocycles. The fourth-order valence-corrected chi connectivity index (χ4v) is 1.57. The van der Waals surface area contributed by atoms with Gasteiger partial charge in [-0.25, -0.2) is 0 Å². The van der Waals surface area contributed by atoms with Crippen molar-refractivity contribution in [3.8, 4) is 11.8 Å². The predicted octanol–water partition coefficient (Wildman–Crippen LogP) is 0.470. The van der Waals surface area contributed by atoms with E-state index >= 15 is 0 Å². The van der Waals surface area contributed by atoms with Crippen molar-refractivity contribution >= 4 is 11.6 Å². The highest BCUT2D eigenvalue weighted by Crippen LogP contribution is 1.98. The van der Waals surface area contributed by atoms with Crippen LogP contribution in [-0.4, -0.2) is 49.3 Å². The first-order chi connectivity index (χ1) is 8.63. The van der Waals surface area contributed by atoms with Crippen molar-refractivity contribution in [2.75, 3.05) is 32.8 Å². The molecule has 1 heterocycles. The Morgan fingerprint density at radius 1 is 1.61 bits per heavy atom. The van der Waals surface area contributed by atoms with Gasteiger partial charge in [0, 0.05) is 25.6 Å². The molecule has 0 aromatic heterocycles. The average molecular weight is 251 g/mol. The Hall–Kier alpha value is -1.54. The van der Waals surface area contributed by atoms with Crippen LogP contribution in [0.15, 0.2) is 5.16 Å².